The van der Waals surface area contributed by atoms with Crippen molar-refractivity contribution in [3.05, 3.63) is 77.3 Å². The number of nitrogens with zero attached hydrogens (tertiary/aromatic N) is 2. The fourth-order valence-electron chi connectivity index (χ4n) is 4.32. The molecule has 138 valence electrons. The molecule has 3 atom stereocenters. The smallest absolute Gasteiger partial charge is 0.207 e. The number of fused-ring (bicyclic) bond motifs is 1. The van der Waals surface area contributed by atoms with E-state index in [4.69, 9.17) is 11.6 Å². The van der Waals surface area contributed by atoms with Crippen molar-refractivity contribution in [1.82, 2.24) is 4.31 Å². The van der Waals surface area contributed by atoms with Crippen molar-refractivity contribution in [3.8, 4) is 6.07 Å². The molecule has 1 saturated heterocycles. The molecule has 2 aliphatic rings. The molecule has 0 bridgehead atoms. The number of allylic oxidation sites excluding steroid dienone is 1. The predicted octanol–water partition coefficient (Wildman–Crippen LogP) is 4.21. The lowest BCUT2D eigenvalue weighted by Gasteiger charge is -2.37. The summed E-state index contributed by atoms with van der Waals surface area (Å²) in [4.78, 5) is 0.264. The minimum atomic E-state index is -3.64. The van der Waals surface area contributed by atoms with Gasteiger partial charge in [0.15, 0.2) is 0 Å². The van der Waals surface area contributed by atoms with Gasteiger partial charge in [0.05, 0.1) is 16.4 Å². The molecule has 0 spiro atoms. The predicted molar refractivity (Wildman–Crippen MR) is 105 cm³/mol. The molecule has 0 amide bonds. The molecule has 2 aromatic carbocycles. The molecule has 4 nitrogen and oxygen atoms in total. The van der Waals surface area contributed by atoms with E-state index in [1.807, 2.05) is 24.3 Å². The number of sulfonamides is 1. The molecule has 0 aromatic heterocycles. The Kier molecular flexibility index (Phi) is 4.59. The van der Waals surface area contributed by atoms with E-state index in [2.05, 4.69) is 12.1 Å². The Morgan fingerprint density at radius 3 is 2.63 bits per heavy atom. The van der Waals surface area contributed by atoms with E-state index in [0.717, 1.165) is 5.56 Å². The quantitative estimate of drug-likeness (QED) is 0.727. The van der Waals surface area contributed by atoms with Crippen molar-refractivity contribution in [1.29, 1.82) is 5.26 Å². The number of rotatable bonds is 3. The maximum atomic E-state index is 13.1. The minimum Gasteiger partial charge on any atom is -0.207 e. The van der Waals surface area contributed by atoms with Gasteiger partial charge in [0.1, 0.15) is 0 Å². The third-order valence-electron chi connectivity index (χ3n) is 5.70. The molecule has 1 heterocycles. The minimum absolute atomic E-state index is 0.0906. The average Bonchev–Trinajstić information content (AvgIpc) is 3.09. The highest BCUT2D eigenvalue weighted by molar-refractivity contribution is 7.89. The van der Waals surface area contributed by atoms with Gasteiger partial charge in [0.25, 0.3) is 0 Å². The van der Waals surface area contributed by atoms with Crippen molar-refractivity contribution < 1.29 is 8.42 Å². The first-order valence-corrected chi connectivity index (χ1v) is 10.7. The van der Waals surface area contributed by atoms with Crippen LogP contribution in [0.3, 0.4) is 0 Å². The maximum absolute atomic E-state index is 13.1. The molecule has 0 radical (unpaired) electrons. The molecular weight excluding hydrogens is 380 g/mol. The van der Waals surface area contributed by atoms with Crippen LogP contribution in [0.2, 0.25) is 5.02 Å². The first-order valence-electron chi connectivity index (χ1n) is 8.86. The van der Waals surface area contributed by atoms with E-state index in [9.17, 15) is 13.7 Å². The molecule has 2 aromatic rings. The van der Waals surface area contributed by atoms with Crippen LogP contribution < -0.4 is 0 Å². The molecule has 27 heavy (non-hydrogen) atoms. The van der Waals surface area contributed by atoms with Crippen LogP contribution in [0.1, 0.15) is 17.9 Å². The van der Waals surface area contributed by atoms with Crippen molar-refractivity contribution >= 4 is 21.6 Å². The number of hydrogen-bond donors (Lipinski definition) is 0. The van der Waals surface area contributed by atoms with Gasteiger partial charge >= 0.3 is 0 Å². The summed E-state index contributed by atoms with van der Waals surface area (Å²) >= 11 is 6.17. The SMILES string of the molecule is N#C[C@]12CN(S(=O)(=O)c3ccccc3)C[C@H]1C=CC[C@@H]2c1cccc(Cl)c1. The zero-order valence-corrected chi connectivity index (χ0v) is 16.2. The Morgan fingerprint density at radius 2 is 1.93 bits per heavy atom. The van der Waals surface area contributed by atoms with Gasteiger partial charge in [-0.1, -0.05) is 54.1 Å². The standard InChI is InChI=1S/C21H19ClN2O2S/c22-18-8-4-6-16(12-18)20-11-5-7-17-13-24(15-21(17,20)14-23)27(25,26)19-9-2-1-3-10-19/h1-10,12,17,20H,11,13,15H2/t17-,20-,21+/m1/s1. The van der Waals surface area contributed by atoms with E-state index >= 15 is 0 Å². The summed E-state index contributed by atoms with van der Waals surface area (Å²) in [6.07, 6.45) is 4.76. The lowest BCUT2D eigenvalue weighted by atomic mass is 9.63. The van der Waals surface area contributed by atoms with Gasteiger partial charge in [0, 0.05) is 29.9 Å². The molecule has 4 rings (SSSR count). The number of benzene rings is 2. The first-order chi connectivity index (χ1) is 13.0. The highest BCUT2D eigenvalue weighted by Crippen LogP contribution is 2.52. The van der Waals surface area contributed by atoms with Crippen molar-refractivity contribution in [3.63, 3.8) is 0 Å². The third kappa shape index (κ3) is 2.98. The van der Waals surface area contributed by atoms with Gasteiger partial charge in [-0.25, -0.2) is 8.42 Å². The Labute approximate surface area is 164 Å². The lowest BCUT2D eigenvalue weighted by molar-refractivity contribution is 0.271. The largest absolute Gasteiger partial charge is 0.243 e. The van der Waals surface area contributed by atoms with Crippen molar-refractivity contribution in [2.24, 2.45) is 11.3 Å². The molecule has 6 heteroatoms. The second-order valence-corrected chi connectivity index (χ2v) is 9.52. The first kappa shape index (κ1) is 18.2. The summed E-state index contributed by atoms with van der Waals surface area (Å²) in [6, 6.07) is 18.5. The van der Waals surface area contributed by atoms with E-state index in [-0.39, 0.29) is 23.3 Å². The summed E-state index contributed by atoms with van der Waals surface area (Å²) < 4.78 is 27.7. The van der Waals surface area contributed by atoms with E-state index in [1.165, 1.54) is 4.31 Å². The summed E-state index contributed by atoms with van der Waals surface area (Å²) in [5.41, 5.74) is 0.193. The third-order valence-corrected chi connectivity index (χ3v) is 7.76. The molecular formula is C21H19ClN2O2S. The Bertz CT molecular complexity index is 1030. The van der Waals surface area contributed by atoms with Crippen molar-refractivity contribution in [2.75, 3.05) is 13.1 Å². The van der Waals surface area contributed by atoms with E-state index in [0.29, 0.717) is 18.0 Å². The topological polar surface area (TPSA) is 61.2 Å². The molecule has 0 N–H and O–H groups in total. The second kappa shape index (κ2) is 6.79. The van der Waals surface area contributed by atoms with Crippen LogP contribution in [0, 0.1) is 22.7 Å². The van der Waals surface area contributed by atoms with Crippen LogP contribution in [0.15, 0.2) is 71.6 Å². The van der Waals surface area contributed by atoms with Crippen LogP contribution >= 0.6 is 11.6 Å². The van der Waals surface area contributed by atoms with Gasteiger partial charge in [0.2, 0.25) is 10.0 Å². The summed E-state index contributed by atoms with van der Waals surface area (Å²) in [6.45, 7) is 0.505. The molecule has 1 aliphatic carbocycles. The average molecular weight is 399 g/mol. The Morgan fingerprint density at radius 1 is 1.15 bits per heavy atom. The fourth-order valence-corrected chi connectivity index (χ4v) is 6.06. The second-order valence-electron chi connectivity index (χ2n) is 7.14. The molecule has 1 aliphatic heterocycles. The maximum Gasteiger partial charge on any atom is 0.243 e. The monoisotopic (exact) mass is 398 g/mol. The van der Waals surface area contributed by atoms with Crippen LogP contribution in [-0.2, 0) is 10.0 Å². The highest BCUT2D eigenvalue weighted by atomic mass is 35.5. The zero-order valence-electron chi connectivity index (χ0n) is 14.6. The number of halogens is 1. The molecule has 0 saturated carbocycles. The molecule has 0 unspecified atom stereocenters. The lowest BCUT2D eigenvalue weighted by Crippen LogP contribution is -2.38. The van der Waals surface area contributed by atoms with Crippen LogP contribution in [-0.4, -0.2) is 25.8 Å². The summed E-state index contributed by atoms with van der Waals surface area (Å²) in [5, 5.41) is 10.8. The highest BCUT2D eigenvalue weighted by Gasteiger charge is 2.55. The van der Waals surface area contributed by atoms with Crippen molar-refractivity contribution in [2.45, 2.75) is 17.2 Å². The Balaban J connectivity index is 1.74. The van der Waals surface area contributed by atoms with Gasteiger partial charge in [-0.2, -0.15) is 9.57 Å². The van der Waals surface area contributed by atoms with Gasteiger partial charge < -0.3 is 0 Å². The summed E-state index contributed by atoms with van der Waals surface area (Å²) in [5.74, 6) is -0.231. The van der Waals surface area contributed by atoms with Gasteiger partial charge in [-0.3, -0.25) is 0 Å². The molecule has 1 fully saturated rings. The Hall–Kier alpha value is -2.13. The zero-order chi connectivity index (χ0) is 19.1. The fraction of sp³-hybridized carbons (Fsp3) is 0.286. The van der Waals surface area contributed by atoms with Gasteiger partial charge in [-0.05, 0) is 36.2 Å². The van der Waals surface area contributed by atoms with Crippen LogP contribution in [0.5, 0.6) is 0 Å². The van der Waals surface area contributed by atoms with E-state index in [1.54, 1.807) is 36.4 Å². The van der Waals surface area contributed by atoms with Gasteiger partial charge in [-0.15, -0.1) is 0 Å². The summed E-state index contributed by atoms with van der Waals surface area (Å²) in [7, 11) is -3.64. The normalized spacial score (nSPS) is 27.9. The number of hydrogen-bond acceptors (Lipinski definition) is 3. The number of nitriles is 1. The van der Waals surface area contributed by atoms with Crippen LogP contribution in [0.4, 0.5) is 0 Å². The van der Waals surface area contributed by atoms with E-state index < -0.39 is 15.4 Å². The van der Waals surface area contributed by atoms with Crippen LogP contribution in [0.25, 0.3) is 0 Å².